The first-order chi connectivity index (χ1) is 8.63. The van der Waals surface area contributed by atoms with E-state index >= 15 is 0 Å². The van der Waals surface area contributed by atoms with E-state index in [1.807, 2.05) is 45.0 Å². The minimum atomic E-state index is -0.743. The summed E-state index contributed by atoms with van der Waals surface area (Å²) in [5.74, 6) is -0.195. The number of hydrogen-bond donors (Lipinski definition) is 1. The van der Waals surface area contributed by atoms with Crippen molar-refractivity contribution in [3.8, 4) is 5.75 Å². The largest absolute Gasteiger partial charge is 0.494 e. The lowest BCUT2D eigenvalue weighted by atomic mass is 9.83. The molecule has 0 saturated carbocycles. The first kappa shape index (κ1) is 14.6. The lowest BCUT2D eigenvalue weighted by molar-refractivity contribution is -0.140. The molecule has 0 aromatic heterocycles. The third kappa shape index (κ3) is 3.49. The molecule has 3 heteroatoms. The number of hydrogen-bond acceptors (Lipinski definition) is 2. The minimum absolute atomic E-state index is 0.181. The zero-order chi connectivity index (χ0) is 13.5. The zero-order valence-corrected chi connectivity index (χ0v) is 11.3. The van der Waals surface area contributed by atoms with Gasteiger partial charge in [-0.2, -0.15) is 0 Å². The summed E-state index contributed by atoms with van der Waals surface area (Å²) in [6, 6.07) is 7.42. The predicted molar refractivity (Wildman–Crippen MR) is 72.1 cm³/mol. The van der Waals surface area contributed by atoms with Gasteiger partial charge in [0.1, 0.15) is 5.75 Å². The minimum Gasteiger partial charge on any atom is -0.494 e. The smallest absolute Gasteiger partial charge is 0.311 e. The maximum absolute atomic E-state index is 11.4. The van der Waals surface area contributed by atoms with Gasteiger partial charge in [0.05, 0.1) is 12.5 Å². The second-order valence-electron chi connectivity index (χ2n) is 4.39. The summed E-state index contributed by atoms with van der Waals surface area (Å²) < 4.78 is 5.37. The van der Waals surface area contributed by atoms with E-state index in [4.69, 9.17) is 4.74 Å². The molecule has 0 fully saturated rings. The van der Waals surface area contributed by atoms with Crippen molar-refractivity contribution in [3.63, 3.8) is 0 Å². The molecule has 0 aliphatic carbocycles. The van der Waals surface area contributed by atoms with Crippen molar-refractivity contribution in [2.45, 2.75) is 39.5 Å². The number of carbonyl (C=O) groups is 1. The van der Waals surface area contributed by atoms with Gasteiger partial charge in [0.25, 0.3) is 0 Å². The van der Waals surface area contributed by atoms with Crippen molar-refractivity contribution in [1.29, 1.82) is 0 Å². The van der Waals surface area contributed by atoms with Crippen LogP contribution in [0.1, 0.15) is 45.1 Å². The Balaban J connectivity index is 2.95. The molecule has 100 valence electrons. The van der Waals surface area contributed by atoms with E-state index in [1.165, 1.54) is 0 Å². The summed E-state index contributed by atoms with van der Waals surface area (Å²) in [6.45, 7) is 6.63. The Kier molecular flexibility index (Phi) is 5.69. The molecule has 1 aromatic rings. The van der Waals surface area contributed by atoms with Crippen LogP contribution in [0.5, 0.6) is 5.75 Å². The van der Waals surface area contributed by atoms with Crippen LogP contribution in [0.25, 0.3) is 0 Å². The van der Waals surface area contributed by atoms with Gasteiger partial charge in [-0.3, -0.25) is 4.79 Å². The molecule has 0 saturated heterocycles. The first-order valence-corrected chi connectivity index (χ1v) is 6.59. The number of rotatable bonds is 7. The summed E-state index contributed by atoms with van der Waals surface area (Å²) in [7, 11) is 0. The molecule has 0 aliphatic rings. The maximum atomic E-state index is 11.4. The Morgan fingerprint density at radius 1 is 1.17 bits per heavy atom. The Morgan fingerprint density at radius 3 is 2.11 bits per heavy atom. The first-order valence-electron chi connectivity index (χ1n) is 6.59. The van der Waals surface area contributed by atoms with Crippen LogP contribution in [0.3, 0.4) is 0 Å². The average Bonchev–Trinajstić information content (AvgIpc) is 2.37. The van der Waals surface area contributed by atoms with Gasteiger partial charge in [0.15, 0.2) is 0 Å². The van der Waals surface area contributed by atoms with E-state index < -0.39 is 11.9 Å². The van der Waals surface area contributed by atoms with Crippen LogP contribution in [0.2, 0.25) is 0 Å². The normalized spacial score (nSPS) is 12.4. The van der Waals surface area contributed by atoms with E-state index in [0.29, 0.717) is 6.61 Å². The quantitative estimate of drug-likeness (QED) is 0.802. The Labute approximate surface area is 109 Å². The van der Waals surface area contributed by atoms with Gasteiger partial charge in [-0.05, 0) is 30.5 Å². The van der Waals surface area contributed by atoms with E-state index in [9.17, 15) is 9.90 Å². The van der Waals surface area contributed by atoms with Crippen LogP contribution in [0.15, 0.2) is 24.3 Å². The van der Waals surface area contributed by atoms with Crippen molar-refractivity contribution in [1.82, 2.24) is 0 Å². The topological polar surface area (TPSA) is 46.5 Å². The van der Waals surface area contributed by atoms with Gasteiger partial charge in [0.2, 0.25) is 0 Å². The van der Waals surface area contributed by atoms with E-state index in [2.05, 4.69) is 0 Å². The highest BCUT2D eigenvalue weighted by atomic mass is 16.5. The molecule has 1 unspecified atom stereocenters. The molecule has 1 aromatic carbocycles. The third-order valence-electron chi connectivity index (χ3n) is 3.34. The number of aliphatic carboxylic acids is 1. The van der Waals surface area contributed by atoms with Crippen LogP contribution < -0.4 is 4.74 Å². The molecule has 0 spiro atoms. The Bertz CT molecular complexity index is 366. The number of benzene rings is 1. The van der Waals surface area contributed by atoms with E-state index in [0.717, 1.165) is 24.2 Å². The van der Waals surface area contributed by atoms with Gasteiger partial charge < -0.3 is 9.84 Å². The van der Waals surface area contributed by atoms with Gasteiger partial charge >= 0.3 is 5.97 Å². The molecule has 1 N–H and O–H groups in total. The standard InChI is InChI=1S/C15H22O3/c1-4-11(5-2)14(15(16)17)12-7-9-13(10-8-12)18-6-3/h7-11,14H,4-6H2,1-3H3,(H,16,17). The summed E-state index contributed by atoms with van der Waals surface area (Å²) in [5, 5.41) is 9.40. The Morgan fingerprint density at radius 2 is 1.72 bits per heavy atom. The average molecular weight is 250 g/mol. The summed E-state index contributed by atoms with van der Waals surface area (Å²) in [4.78, 5) is 11.4. The fourth-order valence-corrected chi connectivity index (χ4v) is 2.31. The molecule has 3 nitrogen and oxygen atoms in total. The molecule has 1 rings (SSSR count). The molecule has 1 atom stereocenters. The highest BCUT2D eigenvalue weighted by Gasteiger charge is 2.27. The van der Waals surface area contributed by atoms with Gasteiger partial charge in [-0.15, -0.1) is 0 Å². The van der Waals surface area contributed by atoms with Crippen LogP contribution in [0.4, 0.5) is 0 Å². The SMILES string of the molecule is CCOc1ccc(C(C(=O)O)C(CC)CC)cc1. The van der Waals surface area contributed by atoms with Crippen molar-refractivity contribution in [3.05, 3.63) is 29.8 Å². The highest BCUT2D eigenvalue weighted by Crippen LogP contribution is 2.31. The van der Waals surface area contributed by atoms with Gasteiger partial charge in [0, 0.05) is 0 Å². The fourth-order valence-electron chi connectivity index (χ4n) is 2.31. The van der Waals surface area contributed by atoms with Crippen molar-refractivity contribution >= 4 is 5.97 Å². The predicted octanol–water partition coefficient (Wildman–Crippen LogP) is 3.69. The number of carboxylic acid groups (broad SMARTS) is 1. The van der Waals surface area contributed by atoms with Gasteiger partial charge in [-0.1, -0.05) is 38.8 Å². The van der Waals surface area contributed by atoms with Crippen molar-refractivity contribution in [2.24, 2.45) is 5.92 Å². The highest BCUT2D eigenvalue weighted by molar-refractivity contribution is 5.76. The van der Waals surface area contributed by atoms with Crippen LogP contribution in [-0.2, 0) is 4.79 Å². The monoisotopic (exact) mass is 250 g/mol. The molecule has 0 bridgehead atoms. The number of ether oxygens (including phenoxy) is 1. The summed E-state index contributed by atoms with van der Waals surface area (Å²) in [5.41, 5.74) is 0.861. The number of carboxylic acids is 1. The fraction of sp³-hybridized carbons (Fsp3) is 0.533. The van der Waals surface area contributed by atoms with Crippen molar-refractivity contribution in [2.75, 3.05) is 6.61 Å². The second kappa shape index (κ2) is 7.04. The van der Waals surface area contributed by atoms with Crippen LogP contribution >= 0.6 is 0 Å². The van der Waals surface area contributed by atoms with Crippen LogP contribution in [0, 0.1) is 5.92 Å². The summed E-state index contributed by atoms with van der Waals surface area (Å²) in [6.07, 6.45) is 1.75. The molecule has 0 heterocycles. The molecular weight excluding hydrogens is 228 g/mol. The second-order valence-corrected chi connectivity index (χ2v) is 4.39. The van der Waals surface area contributed by atoms with E-state index in [-0.39, 0.29) is 5.92 Å². The zero-order valence-electron chi connectivity index (χ0n) is 11.3. The molecule has 18 heavy (non-hydrogen) atoms. The third-order valence-corrected chi connectivity index (χ3v) is 3.34. The lowest BCUT2D eigenvalue weighted by Crippen LogP contribution is -2.20. The van der Waals surface area contributed by atoms with Gasteiger partial charge in [-0.25, -0.2) is 0 Å². The van der Waals surface area contributed by atoms with Crippen molar-refractivity contribution < 1.29 is 14.6 Å². The molecular formula is C15H22O3. The molecule has 0 aliphatic heterocycles. The molecule has 0 radical (unpaired) electrons. The molecule has 0 amide bonds. The van der Waals surface area contributed by atoms with E-state index in [1.54, 1.807) is 0 Å². The van der Waals surface area contributed by atoms with Crippen LogP contribution in [-0.4, -0.2) is 17.7 Å². The Hall–Kier alpha value is -1.51. The maximum Gasteiger partial charge on any atom is 0.311 e. The lowest BCUT2D eigenvalue weighted by Gasteiger charge is -2.22. The summed E-state index contributed by atoms with van der Waals surface area (Å²) >= 11 is 0.